The van der Waals surface area contributed by atoms with E-state index in [-0.39, 0.29) is 5.28 Å². The number of thiophene rings is 1. The van der Waals surface area contributed by atoms with Crippen molar-refractivity contribution in [2.75, 3.05) is 0 Å². The van der Waals surface area contributed by atoms with Gasteiger partial charge in [0, 0.05) is 10.3 Å². The molecule has 1 aliphatic carbocycles. The molecule has 1 saturated carbocycles. The van der Waals surface area contributed by atoms with Crippen LogP contribution in [0.15, 0.2) is 16.2 Å². The van der Waals surface area contributed by atoms with Crippen LogP contribution in [0.4, 0.5) is 0 Å². The number of hydrogen-bond donors (Lipinski definition) is 0. The Labute approximate surface area is 133 Å². The van der Waals surface area contributed by atoms with E-state index in [0.717, 1.165) is 39.7 Å². The van der Waals surface area contributed by atoms with Gasteiger partial charge in [0.25, 0.3) is 0 Å². The number of halogens is 1. The fourth-order valence-electron chi connectivity index (χ4n) is 2.06. The molecule has 3 aromatic rings. The topological polar surface area (TPSA) is 69.4 Å². The van der Waals surface area contributed by atoms with E-state index in [2.05, 4.69) is 38.5 Å². The minimum atomic E-state index is 0.264. The Balaban J connectivity index is 1.78. The van der Waals surface area contributed by atoms with Crippen molar-refractivity contribution in [3.8, 4) is 0 Å². The normalized spacial score (nSPS) is 15.0. The molecule has 0 spiro atoms. The molecule has 3 aromatic heterocycles. The van der Waals surface area contributed by atoms with Crippen LogP contribution in [0.1, 0.15) is 30.7 Å². The van der Waals surface area contributed by atoms with Crippen molar-refractivity contribution in [1.29, 1.82) is 0 Å². The molecule has 0 bridgehead atoms. The van der Waals surface area contributed by atoms with E-state index in [1.54, 1.807) is 11.3 Å². The minimum Gasteiger partial charge on any atom is -0.217 e. The third kappa shape index (κ3) is 2.51. The monoisotopic (exact) mass is 338 g/mol. The summed E-state index contributed by atoms with van der Waals surface area (Å²) in [7, 11) is 0. The zero-order valence-electron chi connectivity index (χ0n) is 11.2. The van der Waals surface area contributed by atoms with Crippen molar-refractivity contribution in [2.45, 2.75) is 42.4 Å². The van der Waals surface area contributed by atoms with Gasteiger partial charge in [-0.25, -0.2) is 14.6 Å². The summed E-state index contributed by atoms with van der Waals surface area (Å²) in [5.74, 6) is 0. The number of rotatable bonds is 4. The van der Waals surface area contributed by atoms with E-state index >= 15 is 0 Å². The Hall–Kier alpha value is -1.25. The van der Waals surface area contributed by atoms with Gasteiger partial charge >= 0.3 is 0 Å². The third-order valence-corrected chi connectivity index (χ3v) is 5.57. The quantitative estimate of drug-likeness (QED) is 0.536. The van der Waals surface area contributed by atoms with Gasteiger partial charge in [-0.3, -0.25) is 0 Å². The summed E-state index contributed by atoms with van der Waals surface area (Å²) in [4.78, 5) is 10.9. The lowest BCUT2D eigenvalue weighted by molar-refractivity contribution is 0.565. The Morgan fingerprint density at radius 2 is 2.29 bits per heavy atom. The lowest BCUT2D eigenvalue weighted by Crippen LogP contribution is -1.99. The molecule has 0 unspecified atom stereocenters. The summed E-state index contributed by atoms with van der Waals surface area (Å²) in [5.41, 5.74) is 0. The summed E-state index contributed by atoms with van der Waals surface area (Å²) in [5, 5.41) is 14.8. The molecule has 4 rings (SSSR count). The Kier molecular flexibility index (Phi) is 3.31. The van der Waals surface area contributed by atoms with E-state index in [9.17, 15) is 0 Å². The van der Waals surface area contributed by atoms with Crippen LogP contribution in [0.25, 0.3) is 10.2 Å². The maximum Gasteiger partial charge on any atom is 0.224 e. The van der Waals surface area contributed by atoms with Crippen LogP contribution in [-0.2, 0) is 6.42 Å². The Morgan fingerprint density at radius 1 is 1.43 bits per heavy atom. The zero-order valence-corrected chi connectivity index (χ0v) is 13.5. The number of aryl methyl sites for hydroxylation is 1. The highest BCUT2D eigenvalue weighted by Crippen LogP contribution is 2.40. The molecule has 0 radical (unpaired) electrons. The van der Waals surface area contributed by atoms with Crippen molar-refractivity contribution in [3.05, 3.63) is 16.2 Å². The standard InChI is InChI=1S/C12H11ClN6S2/c1-2-7-5-8-9(20-7)14-11(13)15-10(8)21-12-16-17-18-19(12)6-3-4-6/h5-6H,2-4H2,1H3. The van der Waals surface area contributed by atoms with Gasteiger partial charge in [0.1, 0.15) is 9.86 Å². The van der Waals surface area contributed by atoms with E-state index < -0.39 is 0 Å². The first-order valence-electron chi connectivity index (χ1n) is 6.66. The Morgan fingerprint density at radius 3 is 3.05 bits per heavy atom. The van der Waals surface area contributed by atoms with Crippen LogP contribution in [0.2, 0.25) is 5.28 Å². The maximum atomic E-state index is 6.04. The highest BCUT2D eigenvalue weighted by Gasteiger charge is 2.28. The lowest BCUT2D eigenvalue weighted by Gasteiger charge is -2.03. The van der Waals surface area contributed by atoms with Gasteiger partial charge in [-0.2, -0.15) is 0 Å². The fraction of sp³-hybridized carbons (Fsp3) is 0.417. The molecule has 0 aliphatic heterocycles. The molecule has 0 amide bonds. The van der Waals surface area contributed by atoms with Crippen molar-refractivity contribution < 1.29 is 0 Å². The summed E-state index contributed by atoms with van der Waals surface area (Å²) >= 11 is 9.15. The van der Waals surface area contributed by atoms with Gasteiger partial charge in [-0.1, -0.05) is 6.92 Å². The van der Waals surface area contributed by atoms with E-state index in [1.165, 1.54) is 16.6 Å². The molecule has 108 valence electrons. The highest BCUT2D eigenvalue weighted by molar-refractivity contribution is 7.99. The Bertz CT molecular complexity index is 809. The molecule has 0 N–H and O–H groups in total. The number of hydrogen-bond acceptors (Lipinski definition) is 7. The second kappa shape index (κ2) is 5.19. The zero-order chi connectivity index (χ0) is 14.4. The molecule has 1 aliphatic rings. The lowest BCUT2D eigenvalue weighted by atomic mass is 10.3. The van der Waals surface area contributed by atoms with Gasteiger partial charge in [0.15, 0.2) is 0 Å². The van der Waals surface area contributed by atoms with Crippen molar-refractivity contribution in [1.82, 2.24) is 30.2 Å². The van der Waals surface area contributed by atoms with Gasteiger partial charge in [-0.05, 0) is 59.1 Å². The molecule has 0 aromatic carbocycles. The van der Waals surface area contributed by atoms with Gasteiger partial charge in [0.05, 0.1) is 6.04 Å². The molecular formula is C12H11ClN6S2. The maximum absolute atomic E-state index is 6.04. The smallest absolute Gasteiger partial charge is 0.217 e. The van der Waals surface area contributed by atoms with Crippen molar-refractivity contribution >= 4 is 44.9 Å². The van der Waals surface area contributed by atoms with Crippen LogP contribution in [-0.4, -0.2) is 30.2 Å². The average molecular weight is 339 g/mol. The average Bonchev–Trinajstić information content (AvgIpc) is 3.06. The predicted octanol–water partition coefficient (Wildman–Crippen LogP) is 3.38. The SMILES string of the molecule is CCc1cc2c(Sc3nnnn3C3CC3)nc(Cl)nc2s1. The third-order valence-electron chi connectivity index (χ3n) is 3.27. The molecule has 9 heteroatoms. The first kappa shape index (κ1) is 13.4. The van der Waals surface area contributed by atoms with Crippen LogP contribution < -0.4 is 0 Å². The van der Waals surface area contributed by atoms with Crippen LogP contribution >= 0.6 is 34.7 Å². The molecule has 21 heavy (non-hydrogen) atoms. The van der Waals surface area contributed by atoms with Crippen LogP contribution in [0.3, 0.4) is 0 Å². The molecule has 0 atom stereocenters. The van der Waals surface area contributed by atoms with Crippen LogP contribution in [0.5, 0.6) is 0 Å². The van der Waals surface area contributed by atoms with Gasteiger partial charge < -0.3 is 0 Å². The van der Waals surface area contributed by atoms with Crippen molar-refractivity contribution in [3.63, 3.8) is 0 Å². The van der Waals surface area contributed by atoms with Crippen LogP contribution in [0, 0.1) is 0 Å². The molecular weight excluding hydrogens is 328 g/mol. The molecule has 1 fully saturated rings. The van der Waals surface area contributed by atoms with Crippen molar-refractivity contribution in [2.24, 2.45) is 0 Å². The largest absolute Gasteiger partial charge is 0.224 e. The number of tetrazole rings is 1. The van der Waals surface area contributed by atoms with Gasteiger partial charge in [0.2, 0.25) is 10.4 Å². The number of aromatic nitrogens is 6. The predicted molar refractivity (Wildman–Crippen MR) is 82.0 cm³/mol. The number of nitrogens with zero attached hydrogens (tertiary/aromatic N) is 6. The molecule has 0 saturated heterocycles. The van der Waals surface area contributed by atoms with E-state index in [1.807, 2.05) is 4.68 Å². The summed E-state index contributed by atoms with van der Waals surface area (Å²) in [6.45, 7) is 2.13. The number of fused-ring (bicyclic) bond motifs is 1. The van der Waals surface area contributed by atoms with E-state index in [0.29, 0.717) is 6.04 Å². The minimum absolute atomic E-state index is 0.264. The van der Waals surface area contributed by atoms with E-state index in [4.69, 9.17) is 11.6 Å². The first-order chi connectivity index (χ1) is 10.2. The summed E-state index contributed by atoms with van der Waals surface area (Å²) in [6, 6.07) is 2.56. The highest BCUT2D eigenvalue weighted by atomic mass is 35.5. The molecule has 6 nitrogen and oxygen atoms in total. The summed E-state index contributed by atoms with van der Waals surface area (Å²) in [6.07, 6.45) is 3.25. The first-order valence-corrected chi connectivity index (χ1v) is 8.67. The molecule has 3 heterocycles. The fourth-order valence-corrected chi connectivity index (χ4v) is 4.29. The second-order valence-corrected chi connectivity index (χ2v) is 7.23. The summed E-state index contributed by atoms with van der Waals surface area (Å²) < 4.78 is 1.87. The second-order valence-electron chi connectivity index (χ2n) is 4.82. The van der Waals surface area contributed by atoms with Gasteiger partial charge in [-0.15, -0.1) is 16.4 Å².